The molecule has 11 heteroatoms. The summed E-state index contributed by atoms with van der Waals surface area (Å²) in [5.74, 6) is -0.287. The first kappa shape index (κ1) is 22.9. The Balaban J connectivity index is 1.56. The third-order valence-electron chi connectivity index (χ3n) is 5.44. The number of imidazole rings is 1. The van der Waals surface area contributed by atoms with Crippen molar-refractivity contribution in [3.63, 3.8) is 0 Å². The van der Waals surface area contributed by atoms with Crippen molar-refractivity contribution in [3.8, 4) is 5.69 Å². The Morgan fingerprint density at radius 1 is 1.18 bits per heavy atom. The predicted molar refractivity (Wildman–Crippen MR) is 120 cm³/mol. The van der Waals surface area contributed by atoms with E-state index in [1.54, 1.807) is 42.1 Å². The molecule has 33 heavy (non-hydrogen) atoms. The number of aryl methyl sites for hydroxylation is 1. The molecule has 1 amide bonds. The molecule has 3 aromatic rings. The lowest BCUT2D eigenvalue weighted by Gasteiger charge is -2.30. The van der Waals surface area contributed by atoms with Gasteiger partial charge in [0.15, 0.2) is 0 Å². The van der Waals surface area contributed by atoms with Crippen LogP contribution in [0.2, 0.25) is 0 Å². The molecule has 0 saturated carbocycles. The van der Waals surface area contributed by atoms with Gasteiger partial charge in [-0.2, -0.15) is 0 Å². The fourth-order valence-electron chi connectivity index (χ4n) is 3.72. The molecule has 3 N–H and O–H groups in total. The van der Waals surface area contributed by atoms with Crippen LogP contribution in [0.5, 0.6) is 0 Å². The van der Waals surface area contributed by atoms with E-state index in [1.165, 1.54) is 18.2 Å². The van der Waals surface area contributed by atoms with Crippen LogP contribution in [-0.2, 0) is 21.3 Å². The Morgan fingerprint density at radius 2 is 1.91 bits per heavy atom. The summed E-state index contributed by atoms with van der Waals surface area (Å²) in [5.41, 5.74) is 1.67. The van der Waals surface area contributed by atoms with Crippen molar-refractivity contribution in [1.82, 2.24) is 14.9 Å². The van der Waals surface area contributed by atoms with Gasteiger partial charge in [0.1, 0.15) is 11.6 Å². The number of morpholine rings is 1. The summed E-state index contributed by atoms with van der Waals surface area (Å²) < 4.78 is 45.3. The quantitative estimate of drug-likeness (QED) is 0.563. The normalized spacial score (nSPS) is 14.3. The number of sulfonamides is 1. The third-order valence-corrected chi connectivity index (χ3v) is 6.35. The molecule has 0 aliphatic carbocycles. The molecule has 0 unspecified atom stereocenters. The summed E-state index contributed by atoms with van der Waals surface area (Å²) in [6.07, 6.45) is 3.26. The van der Waals surface area contributed by atoms with E-state index in [0.717, 1.165) is 0 Å². The van der Waals surface area contributed by atoms with Gasteiger partial charge in [0.2, 0.25) is 10.0 Å². The monoisotopic (exact) mass is 473 g/mol. The number of anilines is 1. The second kappa shape index (κ2) is 9.30. The highest BCUT2D eigenvalue weighted by atomic mass is 32.2. The molecule has 1 aromatic heterocycles. The maximum Gasteiger partial charge on any atom is 0.253 e. The highest BCUT2D eigenvalue weighted by Crippen LogP contribution is 2.25. The Hall–Kier alpha value is -3.28. The van der Waals surface area contributed by atoms with Crippen LogP contribution in [0.3, 0.4) is 0 Å². The minimum absolute atomic E-state index is 0.0566. The van der Waals surface area contributed by atoms with Gasteiger partial charge in [-0.1, -0.05) is 6.07 Å². The lowest BCUT2D eigenvalue weighted by atomic mass is 10.1. The van der Waals surface area contributed by atoms with Crippen molar-refractivity contribution in [2.45, 2.75) is 18.4 Å². The number of nitrogens with two attached hydrogens (primary N) is 1. The Kier molecular flexibility index (Phi) is 6.45. The number of halogens is 1. The van der Waals surface area contributed by atoms with Gasteiger partial charge in [0, 0.05) is 37.7 Å². The van der Waals surface area contributed by atoms with Crippen LogP contribution >= 0.6 is 0 Å². The summed E-state index contributed by atoms with van der Waals surface area (Å²) in [6.45, 7) is 3.96. The highest BCUT2D eigenvalue weighted by Gasteiger charge is 2.22. The van der Waals surface area contributed by atoms with E-state index in [0.29, 0.717) is 49.1 Å². The van der Waals surface area contributed by atoms with E-state index in [1.807, 2.05) is 4.90 Å². The van der Waals surface area contributed by atoms with Gasteiger partial charge in [-0.05, 0) is 42.8 Å². The van der Waals surface area contributed by atoms with Gasteiger partial charge in [-0.25, -0.2) is 22.9 Å². The first-order valence-corrected chi connectivity index (χ1v) is 11.8. The van der Waals surface area contributed by atoms with E-state index >= 15 is 0 Å². The average Bonchev–Trinajstić information content (AvgIpc) is 3.22. The van der Waals surface area contributed by atoms with Crippen molar-refractivity contribution in [2.75, 3.05) is 31.2 Å². The maximum absolute atomic E-state index is 14.7. The molecule has 1 aliphatic rings. The van der Waals surface area contributed by atoms with Crippen LogP contribution < -0.4 is 15.4 Å². The lowest BCUT2D eigenvalue weighted by molar-refractivity contribution is 0.0949. The van der Waals surface area contributed by atoms with Gasteiger partial charge >= 0.3 is 0 Å². The standard InChI is InChI=1S/C22H24FN5O4S/c1-15-25-6-7-28(15)21-4-2-16(12-19(21)23)14-26-22(29)18-13-17(33(24,30)31)3-5-20(18)27-8-10-32-11-9-27/h2-7,12-13H,8-11,14H2,1H3,(H,26,29)(H2,24,30,31). The van der Waals surface area contributed by atoms with E-state index in [4.69, 9.17) is 9.88 Å². The number of rotatable bonds is 6. The number of benzene rings is 2. The summed E-state index contributed by atoms with van der Waals surface area (Å²) >= 11 is 0. The number of primary sulfonamides is 1. The van der Waals surface area contributed by atoms with Crippen LogP contribution in [0.4, 0.5) is 10.1 Å². The minimum Gasteiger partial charge on any atom is -0.378 e. The summed E-state index contributed by atoms with van der Waals surface area (Å²) in [5, 5.41) is 8.01. The van der Waals surface area contributed by atoms with E-state index in [2.05, 4.69) is 10.3 Å². The second-order valence-electron chi connectivity index (χ2n) is 7.64. The average molecular weight is 474 g/mol. The Morgan fingerprint density at radius 3 is 2.55 bits per heavy atom. The predicted octanol–water partition coefficient (Wildman–Crippen LogP) is 1.73. The molecule has 0 radical (unpaired) electrons. The number of ether oxygens (including phenoxy) is 1. The summed E-state index contributed by atoms with van der Waals surface area (Å²) in [7, 11) is -3.99. The van der Waals surface area contributed by atoms with Gasteiger partial charge in [0.25, 0.3) is 5.91 Å². The molecule has 0 atom stereocenters. The Labute approximate surface area is 191 Å². The molecule has 174 valence electrons. The van der Waals surface area contributed by atoms with Crippen LogP contribution in [-0.4, -0.2) is 50.2 Å². The molecule has 9 nitrogen and oxygen atoms in total. The zero-order valence-corrected chi connectivity index (χ0v) is 18.8. The molecule has 2 aromatic carbocycles. The molecule has 2 heterocycles. The number of aromatic nitrogens is 2. The largest absolute Gasteiger partial charge is 0.378 e. The number of hydrogen-bond donors (Lipinski definition) is 2. The zero-order valence-electron chi connectivity index (χ0n) is 18.0. The van der Waals surface area contributed by atoms with Crippen molar-refractivity contribution < 1.29 is 22.3 Å². The van der Waals surface area contributed by atoms with Crippen LogP contribution in [0.25, 0.3) is 5.69 Å². The number of amides is 1. The van der Waals surface area contributed by atoms with Gasteiger partial charge in [-0.15, -0.1) is 0 Å². The highest BCUT2D eigenvalue weighted by molar-refractivity contribution is 7.89. The molecule has 1 aliphatic heterocycles. The van der Waals surface area contributed by atoms with Gasteiger partial charge in [0.05, 0.1) is 29.4 Å². The maximum atomic E-state index is 14.7. The second-order valence-corrected chi connectivity index (χ2v) is 9.20. The smallest absolute Gasteiger partial charge is 0.253 e. The van der Waals surface area contributed by atoms with Crippen LogP contribution in [0.1, 0.15) is 21.7 Å². The topological polar surface area (TPSA) is 120 Å². The lowest BCUT2D eigenvalue weighted by Crippen LogP contribution is -2.38. The van der Waals surface area contributed by atoms with Gasteiger partial charge in [-0.3, -0.25) is 4.79 Å². The first-order valence-electron chi connectivity index (χ1n) is 10.3. The molecule has 0 bridgehead atoms. The fourth-order valence-corrected chi connectivity index (χ4v) is 4.26. The van der Waals surface area contributed by atoms with Crippen molar-refractivity contribution >= 4 is 21.6 Å². The zero-order chi connectivity index (χ0) is 23.6. The number of hydrogen-bond acceptors (Lipinski definition) is 6. The SMILES string of the molecule is Cc1nccn1-c1ccc(CNC(=O)c2cc(S(N)(=O)=O)ccc2N2CCOCC2)cc1F. The van der Waals surface area contributed by atoms with Crippen molar-refractivity contribution in [2.24, 2.45) is 5.14 Å². The number of carbonyl (C=O) groups is 1. The number of nitrogens with zero attached hydrogens (tertiary/aromatic N) is 3. The third kappa shape index (κ3) is 5.05. The molecular weight excluding hydrogens is 449 g/mol. The van der Waals surface area contributed by atoms with Crippen LogP contribution in [0, 0.1) is 12.7 Å². The molecule has 0 spiro atoms. The van der Waals surface area contributed by atoms with E-state index in [9.17, 15) is 17.6 Å². The molecular formula is C22H24FN5O4S. The van der Waals surface area contributed by atoms with E-state index in [-0.39, 0.29) is 17.0 Å². The van der Waals surface area contributed by atoms with Crippen LogP contribution in [0.15, 0.2) is 53.7 Å². The van der Waals surface area contributed by atoms with E-state index < -0.39 is 21.7 Å². The van der Waals surface area contributed by atoms with Crippen molar-refractivity contribution in [3.05, 3.63) is 71.6 Å². The summed E-state index contributed by atoms with van der Waals surface area (Å²) in [4.78, 5) is 18.9. The first-order chi connectivity index (χ1) is 15.7. The van der Waals surface area contributed by atoms with Gasteiger partial charge < -0.3 is 19.5 Å². The Bertz CT molecular complexity index is 1290. The molecule has 1 fully saturated rings. The minimum atomic E-state index is -3.99. The summed E-state index contributed by atoms with van der Waals surface area (Å²) in [6, 6.07) is 8.89. The number of nitrogens with one attached hydrogen (secondary N) is 1. The van der Waals surface area contributed by atoms with Crippen molar-refractivity contribution in [1.29, 1.82) is 0 Å². The molecule has 4 rings (SSSR count). The number of carbonyl (C=O) groups excluding carboxylic acids is 1. The fraction of sp³-hybridized carbons (Fsp3) is 0.273. The molecule has 1 saturated heterocycles.